The number of carbonyl (C=O) groups is 2. The molecule has 4 rings (SSSR count). The molecule has 2 fully saturated rings. The molecule has 0 radical (unpaired) electrons. The zero-order chi connectivity index (χ0) is 18.8. The van der Waals surface area contributed by atoms with Gasteiger partial charge in [-0.05, 0) is 37.8 Å². The molecule has 2 N–H and O–H groups in total. The van der Waals surface area contributed by atoms with Crippen LogP contribution in [0, 0.1) is 5.92 Å². The highest BCUT2D eigenvalue weighted by molar-refractivity contribution is 5.76. The highest BCUT2D eigenvalue weighted by Gasteiger charge is 2.29. The van der Waals surface area contributed by atoms with E-state index in [0.717, 1.165) is 23.9 Å². The summed E-state index contributed by atoms with van der Waals surface area (Å²) >= 11 is 0. The number of nitrogens with zero attached hydrogens (tertiary/aromatic N) is 3. The van der Waals surface area contributed by atoms with Crippen LogP contribution in [0.3, 0.4) is 0 Å². The third-order valence-corrected chi connectivity index (χ3v) is 5.52. The Bertz CT molecular complexity index is 787. The second kappa shape index (κ2) is 7.46. The van der Waals surface area contributed by atoms with Crippen LogP contribution in [0.25, 0.3) is 11.1 Å². The Morgan fingerprint density at radius 3 is 2.44 bits per heavy atom. The average Bonchev–Trinajstić information content (AvgIpc) is 3.13. The van der Waals surface area contributed by atoms with Gasteiger partial charge in [-0.25, -0.2) is 4.79 Å². The Balaban J connectivity index is 1.27. The van der Waals surface area contributed by atoms with Gasteiger partial charge in [0.1, 0.15) is 5.52 Å². The summed E-state index contributed by atoms with van der Waals surface area (Å²) in [6.07, 6.45) is 2.72. The van der Waals surface area contributed by atoms with Gasteiger partial charge in [-0.2, -0.15) is 4.98 Å². The van der Waals surface area contributed by atoms with Gasteiger partial charge in [0, 0.05) is 32.2 Å². The van der Waals surface area contributed by atoms with Crippen molar-refractivity contribution in [3.8, 4) is 0 Å². The van der Waals surface area contributed by atoms with Gasteiger partial charge in [0.25, 0.3) is 6.01 Å². The number of carboxylic acids is 1. The molecule has 1 aliphatic carbocycles. The summed E-state index contributed by atoms with van der Waals surface area (Å²) in [7, 11) is 0. The number of benzene rings is 1. The number of amides is 2. The first-order valence-corrected chi connectivity index (χ1v) is 9.49. The third kappa shape index (κ3) is 3.84. The van der Waals surface area contributed by atoms with Crippen molar-refractivity contribution in [1.82, 2.24) is 15.2 Å². The maximum atomic E-state index is 12.5. The fourth-order valence-electron chi connectivity index (χ4n) is 3.85. The van der Waals surface area contributed by atoms with Gasteiger partial charge < -0.3 is 24.6 Å². The number of aromatic nitrogens is 1. The van der Waals surface area contributed by atoms with Crippen LogP contribution >= 0.6 is 0 Å². The van der Waals surface area contributed by atoms with Gasteiger partial charge in [0.2, 0.25) is 0 Å². The molecule has 27 heavy (non-hydrogen) atoms. The first-order valence-electron chi connectivity index (χ1n) is 9.49. The molecule has 0 unspecified atom stereocenters. The van der Waals surface area contributed by atoms with E-state index in [9.17, 15) is 9.59 Å². The van der Waals surface area contributed by atoms with Gasteiger partial charge in [0.15, 0.2) is 5.58 Å². The first kappa shape index (κ1) is 17.6. The zero-order valence-electron chi connectivity index (χ0n) is 15.1. The number of carbonyl (C=O) groups excluding carboxylic acids is 1. The van der Waals surface area contributed by atoms with E-state index >= 15 is 0 Å². The number of oxazole rings is 1. The number of carboxylic acid groups (broad SMARTS) is 1. The van der Waals surface area contributed by atoms with E-state index in [0.29, 0.717) is 45.0 Å². The smallest absolute Gasteiger partial charge is 0.317 e. The molecule has 1 aromatic heterocycles. The highest BCUT2D eigenvalue weighted by atomic mass is 16.4. The number of anilines is 1. The van der Waals surface area contributed by atoms with Crippen LogP contribution < -0.4 is 10.2 Å². The topological polar surface area (TPSA) is 98.9 Å². The minimum atomic E-state index is -0.727. The molecule has 1 saturated carbocycles. The Hall–Kier alpha value is -2.77. The lowest BCUT2D eigenvalue weighted by Gasteiger charge is -2.35. The van der Waals surface area contributed by atoms with Crippen molar-refractivity contribution < 1.29 is 19.1 Å². The standard InChI is InChI=1S/C19H24N4O4/c24-17(25)13-5-7-14(8-6-13)20-18(26)22-9-11-23(12-10-22)19-21-15-3-1-2-4-16(15)27-19/h1-4,13-14H,5-12H2,(H,20,26)(H,24,25). The number of piperazine rings is 1. The van der Waals surface area contributed by atoms with Crippen LogP contribution in [0.1, 0.15) is 25.7 Å². The number of hydrogen-bond donors (Lipinski definition) is 2. The number of fused-ring (bicyclic) bond motifs is 1. The van der Waals surface area contributed by atoms with Crippen LogP contribution in [0.5, 0.6) is 0 Å². The summed E-state index contributed by atoms with van der Waals surface area (Å²) in [5, 5.41) is 12.1. The average molecular weight is 372 g/mol. The molecular weight excluding hydrogens is 348 g/mol. The highest BCUT2D eigenvalue weighted by Crippen LogP contribution is 2.25. The molecule has 2 aromatic rings. The fraction of sp³-hybridized carbons (Fsp3) is 0.526. The van der Waals surface area contributed by atoms with Crippen LogP contribution in [0.4, 0.5) is 10.8 Å². The lowest BCUT2D eigenvalue weighted by Crippen LogP contribution is -2.54. The number of urea groups is 1. The summed E-state index contributed by atoms with van der Waals surface area (Å²) in [4.78, 5) is 31.9. The van der Waals surface area contributed by atoms with E-state index in [-0.39, 0.29) is 18.0 Å². The second-order valence-electron chi connectivity index (χ2n) is 7.27. The molecule has 2 amide bonds. The summed E-state index contributed by atoms with van der Waals surface area (Å²) in [6, 6.07) is 8.28. The summed E-state index contributed by atoms with van der Waals surface area (Å²) in [5.41, 5.74) is 1.61. The molecule has 2 heterocycles. The van der Waals surface area contributed by atoms with E-state index in [1.807, 2.05) is 29.2 Å². The van der Waals surface area contributed by atoms with Crippen LogP contribution in [-0.2, 0) is 4.79 Å². The number of nitrogens with one attached hydrogen (secondary N) is 1. The minimum Gasteiger partial charge on any atom is -0.481 e. The van der Waals surface area contributed by atoms with Crippen molar-refractivity contribution in [3.63, 3.8) is 0 Å². The van der Waals surface area contributed by atoms with Gasteiger partial charge in [-0.1, -0.05) is 12.1 Å². The van der Waals surface area contributed by atoms with Crippen LogP contribution in [0.15, 0.2) is 28.7 Å². The SMILES string of the molecule is O=C(O)C1CCC(NC(=O)N2CCN(c3nc4ccccc4o3)CC2)CC1. The Labute approximate surface area is 157 Å². The van der Waals surface area contributed by atoms with E-state index < -0.39 is 5.97 Å². The second-order valence-corrected chi connectivity index (χ2v) is 7.27. The minimum absolute atomic E-state index is 0.0639. The van der Waals surface area contributed by atoms with Crippen LogP contribution in [0.2, 0.25) is 0 Å². The number of aliphatic carboxylic acids is 1. The number of rotatable bonds is 3. The van der Waals surface area contributed by atoms with Crippen LogP contribution in [-0.4, -0.2) is 59.2 Å². The molecule has 1 aromatic carbocycles. The molecule has 8 heteroatoms. The van der Waals surface area contributed by atoms with E-state index in [1.54, 1.807) is 0 Å². The van der Waals surface area contributed by atoms with Crippen molar-refractivity contribution in [2.45, 2.75) is 31.7 Å². The summed E-state index contributed by atoms with van der Waals surface area (Å²) in [5.74, 6) is -0.992. The van der Waals surface area contributed by atoms with Crippen molar-refractivity contribution in [3.05, 3.63) is 24.3 Å². The summed E-state index contributed by atoms with van der Waals surface area (Å²) in [6.45, 7) is 2.56. The van der Waals surface area contributed by atoms with Crippen molar-refractivity contribution in [2.24, 2.45) is 5.92 Å². The molecular formula is C19H24N4O4. The summed E-state index contributed by atoms with van der Waals surface area (Å²) < 4.78 is 5.80. The molecule has 144 valence electrons. The van der Waals surface area contributed by atoms with Crippen molar-refractivity contribution >= 4 is 29.1 Å². The van der Waals surface area contributed by atoms with Gasteiger partial charge >= 0.3 is 12.0 Å². The lowest BCUT2D eigenvalue weighted by atomic mass is 9.86. The molecule has 1 aliphatic heterocycles. The van der Waals surface area contributed by atoms with Gasteiger partial charge in [-0.3, -0.25) is 4.79 Å². The monoisotopic (exact) mass is 372 g/mol. The number of hydrogen-bond acceptors (Lipinski definition) is 5. The van der Waals surface area contributed by atoms with E-state index in [4.69, 9.17) is 9.52 Å². The molecule has 2 aliphatic rings. The molecule has 0 bridgehead atoms. The Morgan fingerprint density at radius 1 is 1.07 bits per heavy atom. The quantitative estimate of drug-likeness (QED) is 0.858. The van der Waals surface area contributed by atoms with E-state index in [2.05, 4.69) is 15.2 Å². The lowest BCUT2D eigenvalue weighted by molar-refractivity contribution is -0.142. The maximum Gasteiger partial charge on any atom is 0.317 e. The maximum absolute atomic E-state index is 12.5. The number of para-hydroxylation sites is 2. The third-order valence-electron chi connectivity index (χ3n) is 5.52. The predicted molar refractivity (Wildman–Crippen MR) is 99.7 cm³/mol. The molecule has 1 saturated heterocycles. The largest absolute Gasteiger partial charge is 0.481 e. The van der Waals surface area contributed by atoms with E-state index in [1.165, 1.54) is 0 Å². The molecule has 0 atom stereocenters. The molecule has 0 spiro atoms. The van der Waals surface area contributed by atoms with Crippen molar-refractivity contribution in [2.75, 3.05) is 31.1 Å². The normalized spacial score (nSPS) is 23.4. The van der Waals surface area contributed by atoms with Crippen molar-refractivity contribution in [1.29, 1.82) is 0 Å². The first-order chi connectivity index (χ1) is 13.1. The fourth-order valence-corrected chi connectivity index (χ4v) is 3.85. The zero-order valence-corrected chi connectivity index (χ0v) is 15.1. The Kier molecular flexibility index (Phi) is 4.87. The predicted octanol–water partition coefficient (Wildman–Crippen LogP) is 2.30. The van der Waals surface area contributed by atoms with Gasteiger partial charge in [0.05, 0.1) is 5.92 Å². The van der Waals surface area contributed by atoms with Gasteiger partial charge in [-0.15, -0.1) is 0 Å². The Morgan fingerprint density at radius 2 is 1.78 bits per heavy atom. The molecule has 8 nitrogen and oxygen atoms in total.